The van der Waals surface area contributed by atoms with Crippen LogP contribution in [0.3, 0.4) is 0 Å². The SMILES string of the molecule is O=C(NCc1ccc(-n2ccnc2)cc1)c1c(Cl)nc2ccccn12. The highest BCUT2D eigenvalue weighted by atomic mass is 35.5. The number of amides is 1. The molecule has 1 aromatic carbocycles. The van der Waals surface area contributed by atoms with Crippen molar-refractivity contribution in [1.29, 1.82) is 0 Å². The molecule has 25 heavy (non-hydrogen) atoms. The summed E-state index contributed by atoms with van der Waals surface area (Å²) in [6.07, 6.45) is 7.11. The summed E-state index contributed by atoms with van der Waals surface area (Å²) in [4.78, 5) is 20.7. The third kappa shape index (κ3) is 2.99. The van der Waals surface area contributed by atoms with Gasteiger partial charge in [-0.15, -0.1) is 0 Å². The summed E-state index contributed by atoms with van der Waals surface area (Å²) >= 11 is 6.12. The van der Waals surface area contributed by atoms with Gasteiger partial charge in [-0.25, -0.2) is 9.97 Å². The molecule has 4 aromatic rings. The van der Waals surface area contributed by atoms with Crippen LogP contribution in [0.15, 0.2) is 67.4 Å². The quantitative estimate of drug-likeness (QED) is 0.614. The molecule has 0 bridgehead atoms. The van der Waals surface area contributed by atoms with Crippen molar-refractivity contribution in [3.63, 3.8) is 0 Å². The molecule has 7 heteroatoms. The zero-order valence-electron chi connectivity index (χ0n) is 13.1. The van der Waals surface area contributed by atoms with Gasteiger partial charge in [-0.1, -0.05) is 29.8 Å². The van der Waals surface area contributed by atoms with Gasteiger partial charge in [0.25, 0.3) is 5.91 Å². The molecule has 6 nitrogen and oxygen atoms in total. The number of pyridine rings is 1. The van der Waals surface area contributed by atoms with Gasteiger partial charge in [0, 0.05) is 30.8 Å². The van der Waals surface area contributed by atoms with Gasteiger partial charge in [0.15, 0.2) is 10.8 Å². The Bertz CT molecular complexity index is 1020. The number of hydrogen-bond donors (Lipinski definition) is 1. The molecular formula is C18H14ClN5O. The van der Waals surface area contributed by atoms with Crippen LogP contribution in [0, 0.1) is 0 Å². The molecule has 0 unspecified atom stereocenters. The van der Waals surface area contributed by atoms with Crippen molar-refractivity contribution in [2.45, 2.75) is 6.54 Å². The van der Waals surface area contributed by atoms with Gasteiger partial charge in [0.1, 0.15) is 5.65 Å². The number of nitrogens with zero attached hydrogens (tertiary/aromatic N) is 4. The minimum Gasteiger partial charge on any atom is -0.347 e. The average molecular weight is 352 g/mol. The van der Waals surface area contributed by atoms with Crippen molar-refractivity contribution in [3.8, 4) is 5.69 Å². The van der Waals surface area contributed by atoms with E-state index >= 15 is 0 Å². The fraction of sp³-hybridized carbons (Fsp3) is 0.0556. The second-order valence-corrected chi connectivity index (χ2v) is 5.86. The fourth-order valence-corrected chi connectivity index (χ4v) is 2.90. The first kappa shape index (κ1) is 15.4. The molecule has 0 aliphatic carbocycles. The van der Waals surface area contributed by atoms with Crippen molar-refractivity contribution in [2.24, 2.45) is 0 Å². The van der Waals surface area contributed by atoms with Gasteiger partial charge in [-0.05, 0) is 29.8 Å². The monoisotopic (exact) mass is 351 g/mol. The van der Waals surface area contributed by atoms with Crippen LogP contribution >= 0.6 is 11.6 Å². The summed E-state index contributed by atoms with van der Waals surface area (Å²) in [6, 6.07) is 13.4. The second-order valence-electron chi connectivity index (χ2n) is 5.50. The summed E-state index contributed by atoms with van der Waals surface area (Å²) in [7, 11) is 0. The molecule has 0 radical (unpaired) electrons. The summed E-state index contributed by atoms with van der Waals surface area (Å²) < 4.78 is 3.60. The van der Waals surface area contributed by atoms with Crippen LogP contribution in [0.1, 0.15) is 16.1 Å². The highest BCUT2D eigenvalue weighted by Crippen LogP contribution is 2.17. The van der Waals surface area contributed by atoms with E-state index in [1.54, 1.807) is 29.2 Å². The Hall–Kier alpha value is -3.12. The first-order chi connectivity index (χ1) is 12.2. The van der Waals surface area contributed by atoms with E-state index < -0.39 is 0 Å². The average Bonchev–Trinajstić information content (AvgIpc) is 3.27. The third-order valence-electron chi connectivity index (χ3n) is 3.89. The Kier molecular flexibility index (Phi) is 3.95. The van der Waals surface area contributed by atoms with Crippen molar-refractivity contribution >= 4 is 23.2 Å². The van der Waals surface area contributed by atoms with E-state index in [0.29, 0.717) is 17.9 Å². The predicted molar refractivity (Wildman–Crippen MR) is 94.9 cm³/mol. The van der Waals surface area contributed by atoms with Crippen LogP contribution in [0.4, 0.5) is 0 Å². The lowest BCUT2D eigenvalue weighted by molar-refractivity contribution is 0.0945. The third-order valence-corrected chi connectivity index (χ3v) is 4.16. The molecule has 1 amide bonds. The molecule has 0 atom stereocenters. The molecule has 1 N–H and O–H groups in total. The number of aromatic nitrogens is 4. The Morgan fingerprint density at radius 3 is 2.72 bits per heavy atom. The number of imidazole rings is 2. The van der Waals surface area contributed by atoms with E-state index in [2.05, 4.69) is 15.3 Å². The zero-order chi connectivity index (χ0) is 17.2. The van der Waals surface area contributed by atoms with Crippen LogP contribution in [-0.4, -0.2) is 24.8 Å². The molecule has 0 spiro atoms. The van der Waals surface area contributed by atoms with E-state index in [-0.39, 0.29) is 11.1 Å². The lowest BCUT2D eigenvalue weighted by atomic mass is 10.2. The summed E-state index contributed by atoms with van der Waals surface area (Å²) in [5, 5.41) is 3.08. The number of rotatable bonds is 4. The van der Waals surface area contributed by atoms with Crippen LogP contribution < -0.4 is 5.32 Å². The lowest BCUT2D eigenvalue weighted by Gasteiger charge is -2.07. The Morgan fingerprint density at radius 1 is 1.12 bits per heavy atom. The van der Waals surface area contributed by atoms with Crippen molar-refractivity contribution in [2.75, 3.05) is 0 Å². The Morgan fingerprint density at radius 2 is 1.96 bits per heavy atom. The van der Waals surface area contributed by atoms with Crippen molar-refractivity contribution in [1.82, 2.24) is 24.3 Å². The molecule has 0 fully saturated rings. The second kappa shape index (κ2) is 6.41. The summed E-state index contributed by atoms with van der Waals surface area (Å²) in [6.45, 7) is 0.402. The minimum atomic E-state index is -0.262. The van der Waals surface area contributed by atoms with Gasteiger partial charge < -0.3 is 9.88 Å². The van der Waals surface area contributed by atoms with E-state index in [1.165, 1.54) is 0 Å². The van der Waals surface area contributed by atoms with E-state index in [0.717, 1.165) is 11.3 Å². The number of carbonyl (C=O) groups excluding carboxylic acids is 1. The molecule has 0 saturated heterocycles. The van der Waals surface area contributed by atoms with Crippen LogP contribution in [0.25, 0.3) is 11.3 Å². The molecule has 0 aliphatic heterocycles. The predicted octanol–water partition coefficient (Wildman–Crippen LogP) is 3.10. The van der Waals surface area contributed by atoms with Crippen LogP contribution in [0.2, 0.25) is 5.15 Å². The fourth-order valence-electron chi connectivity index (χ4n) is 2.63. The first-order valence-electron chi connectivity index (χ1n) is 7.70. The topological polar surface area (TPSA) is 64.2 Å². The maximum atomic E-state index is 12.5. The van der Waals surface area contributed by atoms with E-state index in [9.17, 15) is 4.79 Å². The largest absolute Gasteiger partial charge is 0.347 e. The number of halogens is 1. The highest BCUT2D eigenvalue weighted by molar-refractivity contribution is 6.32. The van der Waals surface area contributed by atoms with Crippen molar-refractivity contribution < 1.29 is 4.79 Å². The normalized spacial score (nSPS) is 10.9. The molecule has 3 heterocycles. The number of nitrogens with one attached hydrogen (secondary N) is 1. The standard InChI is InChI=1S/C18H14ClN5O/c19-17-16(24-9-2-1-3-15(24)22-17)18(25)21-11-13-4-6-14(7-5-13)23-10-8-20-12-23/h1-10,12H,11H2,(H,21,25). The lowest BCUT2D eigenvalue weighted by Crippen LogP contribution is -2.24. The zero-order valence-corrected chi connectivity index (χ0v) is 13.9. The number of carbonyl (C=O) groups is 1. The van der Waals surface area contributed by atoms with Gasteiger partial charge in [-0.3, -0.25) is 9.20 Å². The van der Waals surface area contributed by atoms with Gasteiger partial charge in [-0.2, -0.15) is 0 Å². The molecule has 0 aliphatic rings. The maximum Gasteiger partial charge on any atom is 0.271 e. The molecule has 124 valence electrons. The molecule has 3 aromatic heterocycles. The van der Waals surface area contributed by atoms with Gasteiger partial charge in [0.05, 0.1) is 6.33 Å². The van der Waals surface area contributed by atoms with Gasteiger partial charge in [0.2, 0.25) is 0 Å². The number of hydrogen-bond acceptors (Lipinski definition) is 3. The minimum absolute atomic E-state index is 0.194. The van der Waals surface area contributed by atoms with E-state index in [1.807, 2.05) is 47.2 Å². The number of fused-ring (bicyclic) bond motifs is 1. The molecule has 4 rings (SSSR count). The summed E-state index contributed by atoms with van der Waals surface area (Å²) in [5.41, 5.74) is 2.98. The Balaban J connectivity index is 1.49. The Labute approximate surface area is 148 Å². The van der Waals surface area contributed by atoms with Crippen molar-refractivity contribution in [3.05, 3.63) is 83.8 Å². The maximum absolute atomic E-state index is 12.5. The van der Waals surface area contributed by atoms with Crippen LogP contribution in [-0.2, 0) is 6.54 Å². The molecular weight excluding hydrogens is 338 g/mol. The highest BCUT2D eigenvalue weighted by Gasteiger charge is 2.17. The first-order valence-corrected chi connectivity index (χ1v) is 8.08. The molecule has 0 saturated carbocycles. The van der Waals surface area contributed by atoms with Crippen LogP contribution in [0.5, 0.6) is 0 Å². The van der Waals surface area contributed by atoms with Gasteiger partial charge >= 0.3 is 0 Å². The van der Waals surface area contributed by atoms with E-state index in [4.69, 9.17) is 11.6 Å². The smallest absolute Gasteiger partial charge is 0.271 e. The summed E-state index contributed by atoms with van der Waals surface area (Å²) in [5.74, 6) is -0.262. The number of benzene rings is 1.